The van der Waals surface area contributed by atoms with Gasteiger partial charge in [-0.25, -0.2) is 0 Å². The van der Waals surface area contributed by atoms with Crippen LogP contribution in [-0.4, -0.2) is 0 Å². The van der Waals surface area contributed by atoms with Crippen molar-refractivity contribution in [2.75, 3.05) is 0 Å². The Labute approximate surface area is 72.2 Å². The molecule has 0 radical (unpaired) electrons. The highest BCUT2D eigenvalue weighted by Gasteiger charge is 1.99. The lowest BCUT2D eigenvalue weighted by Crippen LogP contribution is -1.88. The average molecular weight is 175 g/mol. The SMILES string of the molecule is O=[PH+]c1ccc2ccccc2c1. The Hall–Kier alpha value is -1.20. The minimum Gasteiger partial charge on any atom is -0.0707 e. The summed E-state index contributed by atoms with van der Waals surface area (Å²) in [5.74, 6) is 0. The van der Waals surface area contributed by atoms with E-state index in [-0.39, 0.29) is 8.46 Å². The van der Waals surface area contributed by atoms with Crippen LogP contribution in [-0.2, 0) is 4.57 Å². The van der Waals surface area contributed by atoms with E-state index in [1.807, 2.05) is 42.5 Å². The molecule has 0 N–H and O–H groups in total. The Balaban J connectivity index is 2.75. The summed E-state index contributed by atoms with van der Waals surface area (Å²) < 4.78 is 10.6. The second-order valence-electron chi connectivity index (χ2n) is 2.66. The molecule has 0 aliphatic carbocycles. The van der Waals surface area contributed by atoms with Crippen molar-refractivity contribution < 1.29 is 4.57 Å². The van der Waals surface area contributed by atoms with Gasteiger partial charge < -0.3 is 0 Å². The van der Waals surface area contributed by atoms with Gasteiger partial charge in [0.15, 0.2) is 5.30 Å². The Morgan fingerprint density at radius 1 is 0.917 bits per heavy atom. The zero-order chi connectivity index (χ0) is 8.39. The third-order valence-corrected chi connectivity index (χ3v) is 2.41. The molecule has 0 aliphatic rings. The van der Waals surface area contributed by atoms with Crippen molar-refractivity contribution >= 4 is 24.5 Å². The van der Waals surface area contributed by atoms with Gasteiger partial charge in [-0.3, -0.25) is 0 Å². The van der Waals surface area contributed by atoms with Crippen molar-refractivity contribution in [3.05, 3.63) is 42.5 Å². The smallest absolute Gasteiger partial charge is 0.0707 e. The molecule has 0 heterocycles. The third-order valence-electron chi connectivity index (χ3n) is 1.87. The van der Waals surface area contributed by atoms with Crippen LogP contribution in [0.4, 0.5) is 0 Å². The fourth-order valence-corrected chi connectivity index (χ4v) is 1.62. The highest BCUT2D eigenvalue weighted by molar-refractivity contribution is 7.34. The number of rotatable bonds is 1. The van der Waals surface area contributed by atoms with Crippen molar-refractivity contribution in [2.24, 2.45) is 0 Å². The Kier molecular flexibility index (Phi) is 1.89. The fourth-order valence-electron chi connectivity index (χ4n) is 1.25. The van der Waals surface area contributed by atoms with Crippen LogP contribution in [0.3, 0.4) is 0 Å². The summed E-state index contributed by atoms with van der Waals surface area (Å²) in [5, 5.41) is 3.23. The van der Waals surface area contributed by atoms with Gasteiger partial charge in [0.2, 0.25) is 0 Å². The Morgan fingerprint density at radius 2 is 1.67 bits per heavy atom. The molecule has 12 heavy (non-hydrogen) atoms. The van der Waals surface area contributed by atoms with Crippen LogP contribution >= 0.6 is 8.46 Å². The maximum absolute atomic E-state index is 10.6. The van der Waals surface area contributed by atoms with Crippen molar-refractivity contribution in [1.29, 1.82) is 0 Å². The van der Waals surface area contributed by atoms with Crippen LogP contribution in [0, 0.1) is 0 Å². The van der Waals surface area contributed by atoms with Gasteiger partial charge in [0.05, 0.1) is 0 Å². The van der Waals surface area contributed by atoms with E-state index in [9.17, 15) is 4.57 Å². The molecule has 2 aromatic rings. The normalized spacial score (nSPS) is 10.7. The van der Waals surface area contributed by atoms with E-state index in [2.05, 4.69) is 0 Å². The van der Waals surface area contributed by atoms with E-state index in [4.69, 9.17) is 0 Å². The molecule has 0 aromatic heterocycles. The van der Waals surface area contributed by atoms with Crippen molar-refractivity contribution in [2.45, 2.75) is 0 Å². The van der Waals surface area contributed by atoms with Gasteiger partial charge in [-0.05, 0) is 29.0 Å². The standard InChI is InChI=1S/C10H7OP/c11-12-10-6-5-8-3-1-2-4-9(8)7-10/h1-7H/p+1. The molecular weight excluding hydrogens is 167 g/mol. The summed E-state index contributed by atoms with van der Waals surface area (Å²) in [7, 11) is -0.357. The van der Waals surface area contributed by atoms with Gasteiger partial charge in [0.25, 0.3) is 0 Å². The maximum Gasteiger partial charge on any atom is 0.363 e. The lowest BCUT2D eigenvalue weighted by atomic mass is 10.1. The molecular formula is C10H8OP+. The van der Waals surface area contributed by atoms with Gasteiger partial charge >= 0.3 is 8.46 Å². The van der Waals surface area contributed by atoms with Gasteiger partial charge in [-0.15, -0.1) is 0 Å². The van der Waals surface area contributed by atoms with E-state index in [0.29, 0.717) is 0 Å². The molecule has 2 aromatic carbocycles. The van der Waals surface area contributed by atoms with Crippen LogP contribution in [0.5, 0.6) is 0 Å². The molecule has 0 amide bonds. The van der Waals surface area contributed by atoms with Crippen molar-refractivity contribution in [3.63, 3.8) is 0 Å². The molecule has 1 unspecified atom stereocenters. The van der Waals surface area contributed by atoms with Crippen LogP contribution in [0.25, 0.3) is 10.8 Å². The van der Waals surface area contributed by atoms with E-state index in [0.717, 1.165) is 10.7 Å². The molecule has 0 bridgehead atoms. The minimum atomic E-state index is -0.357. The van der Waals surface area contributed by atoms with E-state index in [1.165, 1.54) is 5.39 Å². The highest BCUT2D eigenvalue weighted by Crippen LogP contribution is 2.12. The average Bonchev–Trinajstić information content (AvgIpc) is 2.17. The van der Waals surface area contributed by atoms with Crippen LogP contribution < -0.4 is 5.30 Å². The molecule has 0 aliphatic heterocycles. The zero-order valence-electron chi connectivity index (χ0n) is 6.45. The van der Waals surface area contributed by atoms with Gasteiger partial charge in [0, 0.05) is 0 Å². The van der Waals surface area contributed by atoms with Crippen molar-refractivity contribution in [3.8, 4) is 0 Å². The summed E-state index contributed by atoms with van der Waals surface area (Å²) >= 11 is 0. The minimum absolute atomic E-state index is 0.357. The number of fused-ring (bicyclic) bond motifs is 1. The molecule has 58 valence electrons. The molecule has 0 saturated heterocycles. The molecule has 0 saturated carbocycles. The summed E-state index contributed by atoms with van der Waals surface area (Å²) in [6.07, 6.45) is 0. The van der Waals surface area contributed by atoms with Gasteiger partial charge in [-0.2, -0.15) is 0 Å². The second kappa shape index (κ2) is 3.04. The Bertz CT molecular complexity index is 423. The summed E-state index contributed by atoms with van der Waals surface area (Å²) in [6.45, 7) is 0. The lowest BCUT2D eigenvalue weighted by Gasteiger charge is -1.93. The van der Waals surface area contributed by atoms with Crippen LogP contribution in [0.1, 0.15) is 0 Å². The summed E-state index contributed by atoms with van der Waals surface area (Å²) in [5.41, 5.74) is 0. The van der Waals surface area contributed by atoms with Gasteiger partial charge in [0.1, 0.15) is 0 Å². The number of hydrogen-bond acceptors (Lipinski definition) is 1. The first-order chi connectivity index (χ1) is 5.90. The quantitative estimate of drug-likeness (QED) is 0.608. The molecule has 1 atom stereocenters. The largest absolute Gasteiger partial charge is 0.363 e. The monoisotopic (exact) mass is 175 g/mol. The molecule has 2 heteroatoms. The second-order valence-corrected chi connectivity index (χ2v) is 3.45. The van der Waals surface area contributed by atoms with E-state index in [1.54, 1.807) is 0 Å². The summed E-state index contributed by atoms with van der Waals surface area (Å²) in [4.78, 5) is 0. The third kappa shape index (κ3) is 1.24. The van der Waals surface area contributed by atoms with E-state index < -0.39 is 0 Å². The Morgan fingerprint density at radius 3 is 2.42 bits per heavy atom. The topological polar surface area (TPSA) is 17.1 Å². The highest BCUT2D eigenvalue weighted by atomic mass is 31.1. The summed E-state index contributed by atoms with van der Waals surface area (Å²) in [6, 6.07) is 13.9. The van der Waals surface area contributed by atoms with E-state index >= 15 is 0 Å². The molecule has 1 nitrogen and oxygen atoms in total. The molecule has 0 fully saturated rings. The first-order valence-electron chi connectivity index (χ1n) is 3.77. The van der Waals surface area contributed by atoms with Crippen LogP contribution in [0.2, 0.25) is 0 Å². The predicted molar refractivity (Wildman–Crippen MR) is 52.6 cm³/mol. The number of hydrogen-bond donors (Lipinski definition) is 0. The van der Waals surface area contributed by atoms with Crippen LogP contribution in [0.15, 0.2) is 42.5 Å². The first kappa shape index (κ1) is 7.45. The molecule has 0 spiro atoms. The lowest BCUT2D eigenvalue weighted by molar-refractivity contribution is 0.603. The first-order valence-corrected chi connectivity index (χ1v) is 4.68. The maximum atomic E-state index is 10.6. The zero-order valence-corrected chi connectivity index (χ0v) is 7.45. The van der Waals surface area contributed by atoms with Gasteiger partial charge in [-0.1, -0.05) is 28.8 Å². The predicted octanol–water partition coefficient (Wildman–Crippen LogP) is 2.49. The van der Waals surface area contributed by atoms with Crippen molar-refractivity contribution in [1.82, 2.24) is 0 Å². The molecule has 2 rings (SSSR count). The fraction of sp³-hybridized carbons (Fsp3) is 0. The number of benzene rings is 2.